The molecule has 144 valence electrons. The standard InChI is InChI=1S/C24H22F3N/c25-24(26,27)23-7-3-6-22(17-23)20-11-14-28(15-12-20)13-10-18-8-9-19-4-1-2-5-21(19)16-18/h1-9,11,16-17H,10,12-15H2/i10D2,13D2. The molecule has 0 fully saturated rings. The van der Waals surface area contributed by atoms with Crippen LogP contribution in [0.3, 0.4) is 0 Å². The van der Waals surface area contributed by atoms with Crippen LogP contribution < -0.4 is 0 Å². The number of fused-ring (bicyclic) bond motifs is 1. The number of hydrogen-bond acceptors (Lipinski definition) is 1. The highest BCUT2D eigenvalue weighted by molar-refractivity contribution is 5.83. The minimum atomic E-state index is -4.43. The summed E-state index contributed by atoms with van der Waals surface area (Å²) < 4.78 is 73.5. The second kappa shape index (κ2) is 7.80. The van der Waals surface area contributed by atoms with E-state index in [2.05, 4.69) is 0 Å². The number of halogens is 3. The van der Waals surface area contributed by atoms with Crippen molar-refractivity contribution in [3.8, 4) is 0 Å². The molecule has 0 N–H and O–H groups in total. The van der Waals surface area contributed by atoms with Gasteiger partial charge < -0.3 is 0 Å². The van der Waals surface area contributed by atoms with Gasteiger partial charge in [-0.3, -0.25) is 4.90 Å². The summed E-state index contributed by atoms with van der Waals surface area (Å²) >= 11 is 0. The zero-order valence-corrected chi connectivity index (χ0v) is 15.1. The Morgan fingerprint density at radius 3 is 2.50 bits per heavy atom. The second-order valence-corrected chi connectivity index (χ2v) is 6.80. The fourth-order valence-corrected chi connectivity index (χ4v) is 3.34. The van der Waals surface area contributed by atoms with Gasteiger partial charge in [0.15, 0.2) is 0 Å². The Balaban J connectivity index is 1.58. The lowest BCUT2D eigenvalue weighted by molar-refractivity contribution is -0.137. The van der Waals surface area contributed by atoms with Crippen molar-refractivity contribution in [3.63, 3.8) is 0 Å². The lowest BCUT2D eigenvalue weighted by atomic mass is 9.97. The first-order valence-electron chi connectivity index (χ1n) is 11.1. The second-order valence-electron chi connectivity index (χ2n) is 6.80. The summed E-state index contributed by atoms with van der Waals surface area (Å²) in [6.07, 6.45) is -4.70. The van der Waals surface area contributed by atoms with E-state index in [1.54, 1.807) is 30.3 Å². The molecule has 4 rings (SSSR count). The molecule has 0 saturated heterocycles. The lowest BCUT2D eigenvalue weighted by Gasteiger charge is -2.26. The van der Waals surface area contributed by atoms with E-state index in [-0.39, 0.29) is 18.7 Å². The van der Waals surface area contributed by atoms with Gasteiger partial charge in [-0.2, -0.15) is 13.2 Å². The van der Waals surface area contributed by atoms with Gasteiger partial charge in [0.05, 0.1) is 5.56 Å². The monoisotopic (exact) mass is 385 g/mol. The molecule has 1 aliphatic heterocycles. The molecule has 0 aliphatic carbocycles. The molecule has 4 heteroatoms. The third kappa shape index (κ3) is 4.28. The van der Waals surface area contributed by atoms with E-state index in [0.717, 1.165) is 22.9 Å². The van der Waals surface area contributed by atoms with E-state index in [1.807, 2.05) is 24.3 Å². The lowest BCUT2D eigenvalue weighted by Crippen LogP contribution is -2.30. The van der Waals surface area contributed by atoms with Gasteiger partial charge in [0.1, 0.15) is 0 Å². The third-order valence-electron chi connectivity index (χ3n) is 4.88. The zero-order chi connectivity index (χ0) is 23.1. The van der Waals surface area contributed by atoms with E-state index in [1.165, 1.54) is 11.0 Å². The van der Waals surface area contributed by atoms with Crippen LogP contribution in [0.5, 0.6) is 0 Å². The SMILES string of the molecule is [2H]C([2H])(c1ccc2ccccc2c1)C([2H])([2H])N1CC=C(c2cccc(C(F)(F)F)c2)CC1. The molecule has 1 nitrogen and oxygen atoms in total. The van der Waals surface area contributed by atoms with Crippen molar-refractivity contribution in [2.75, 3.05) is 19.6 Å². The van der Waals surface area contributed by atoms with Gasteiger partial charge in [-0.05, 0) is 52.4 Å². The van der Waals surface area contributed by atoms with Crippen molar-refractivity contribution in [2.24, 2.45) is 0 Å². The van der Waals surface area contributed by atoms with E-state index in [9.17, 15) is 13.2 Å². The summed E-state index contributed by atoms with van der Waals surface area (Å²) in [7, 11) is 0. The number of benzene rings is 3. The normalized spacial score (nSPS) is 18.8. The first-order valence-corrected chi connectivity index (χ1v) is 9.11. The maximum Gasteiger partial charge on any atom is 0.416 e. The van der Waals surface area contributed by atoms with Crippen molar-refractivity contribution in [3.05, 3.63) is 89.5 Å². The summed E-state index contributed by atoms with van der Waals surface area (Å²) in [5, 5.41) is 1.77. The average Bonchev–Trinajstić information content (AvgIpc) is 2.78. The number of hydrogen-bond donors (Lipinski definition) is 0. The highest BCUT2D eigenvalue weighted by Gasteiger charge is 2.30. The molecule has 0 radical (unpaired) electrons. The molecule has 3 aromatic rings. The first kappa shape index (κ1) is 14.4. The molecule has 0 saturated carbocycles. The number of alkyl halides is 3. The smallest absolute Gasteiger partial charge is 0.299 e. The molecule has 0 aromatic heterocycles. The quantitative estimate of drug-likeness (QED) is 0.517. The number of rotatable bonds is 4. The van der Waals surface area contributed by atoms with Crippen LogP contribution in [0.2, 0.25) is 0 Å². The van der Waals surface area contributed by atoms with E-state index < -0.39 is 24.6 Å². The predicted molar refractivity (Wildman–Crippen MR) is 108 cm³/mol. The summed E-state index contributed by atoms with van der Waals surface area (Å²) in [5.41, 5.74) is 0.683. The predicted octanol–water partition coefficient (Wildman–Crippen LogP) is 6.19. The van der Waals surface area contributed by atoms with E-state index in [0.29, 0.717) is 17.6 Å². The van der Waals surface area contributed by atoms with Crippen LogP contribution in [0.4, 0.5) is 13.2 Å². The highest BCUT2D eigenvalue weighted by Crippen LogP contribution is 2.32. The molecule has 3 aromatic carbocycles. The zero-order valence-electron chi connectivity index (χ0n) is 19.1. The van der Waals surface area contributed by atoms with Gasteiger partial charge >= 0.3 is 6.18 Å². The Morgan fingerprint density at radius 2 is 1.75 bits per heavy atom. The fourth-order valence-electron chi connectivity index (χ4n) is 3.34. The molecule has 0 unspecified atom stereocenters. The van der Waals surface area contributed by atoms with E-state index >= 15 is 0 Å². The summed E-state index contributed by atoms with van der Waals surface area (Å²) in [6.45, 7) is -2.01. The van der Waals surface area contributed by atoms with Crippen LogP contribution in [-0.2, 0) is 12.5 Å². The minimum absolute atomic E-state index is 0.103. The average molecular weight is 385 g/mol. The van der Waals surface area contributed by atoms with Gasteiger partial charge in [-0.15, -0.1) is 0 Å². The minimum Gasteiger partial charge on any atom is -0.299 e. The maximum atomic E-state index is 13.0. The van der Waals surface area contributed by atoms with Gasteiger partial charge in [0.25, 0.3) is 0 Å². The van der Waals surface area contributed by atoms with Crippen molar-refractivity contribution in [1.29, 1.82) is 0 Å². The topological polar surface area (TPSA) is 3.24 Å². The Kier molecular flexibility index (Phi) is 4.02. The van der Waals surface area contributed by atoms with Crippen LogP contribution in [0.1, 0.15) is 28.6 Å². The van der Waals surface area contributed by atoms with Gasteiger partial charge in [-0.1, -0.05) is 60.7 Å². The molecular formula is C24H22F3N. The Morgan fingerprint density at radius 1 is 0.929 bits per heavy atom. The third-order valence-corrected chi connectivity index (χ3v) is 4.88. The molecule has 0 amide bonds. The van der Waals surface area contributed by atoms with E-state index in [4.69, 9.17) is 5.48 Å². The fraction of sp³-hybridized carbons (Fsp3) is 0.250. The molecule has 1 aliphatic rings. The van der Waals surface area contributed by atoms with Crippen molar-refractivity contribution in [1.82, 2.24) is 4.90 Å². The van der Waals surface area contributed by atoms with Gasteiger partial charge in [0.2, 0.25) is 0 Å². The Bertz CT molecular complexity index is 1170. The molecular weight excluding hydrogens is 359 g/mol. The van der Waals surface area contributed by atoms with Gasteiger partial charge in [-0.25, -0.2) is 0 Å². The van der Waals surface area contributed by atoms with Crippen LogP contribution in [0.25, 0.3) is 16.3 Å². The summed E-state index contributed by atoms with van der Waals surface area (Å²) in [5.74, 6) is 0. The Hall–Kier alpha value is -2.59. The largest absolute Gasteiger partial charge is 0.416 e. The van der Waals surface area contributed by atoms with Crippen LogP contribution in [-0.4, -0.2) is 24.5 Å². The van der Waals surface area contributed by atoms with Crippen LogP contribution >= 0.6 is 0 Å². The number of aryl methyl sites for hydroxylation is 1. The molecule has 1 heterocycles. The molecule has 0 bridgehead atoms. The van der Waals surface area contributed by atoms with Crippen molar-refractivity contribution in [2.45, 2.75) is 19.0 Å². The highest BCUT2D eigenvalue weighted by atomic mass is 19.4. The van der Waals surface area contributed by atoms with Gasteiger partial charge in [0, 0.05) is 25.1 Å². The van der Waals surface area contributed by atoms with Crippen molar-refractivity contribution >= 4 is 16.3 Å². The summed E-state index contributed by atoms with van der Waals surface area (Å²) in [4.78, 5) is 1.40. The maximum absolute atomic E-state index is 13.0. The number of nitrogens with zero attached hydrogens (tertiary/aromatic N) is 1. The molecule has 0 spiro atoms. The van der Waals surface area contributed by atoms with Crippen molar-refractivity contribution < 1.29 is 18.7 Å². The van der Waals surface area contributed by atoms with Crippen LogP contribution in [0.15, 0.2) is 72.8 Å². The summed E-state index contributed by atoms with van der Waals surface area (Å²) in [6, 6.07) is 17.7. The molecule has 0 atom stereocenters. The molecule has 28 heavy (non-hydrogen) atoms. The Labute approximate surface area is 168 Å². The van der Waals surface area contributed by atoms with Crippen LogP contribution in [0, 0.1) is 0 Å². The first-order chi connectivity index (χ1) is 15.0.